The first-order valence-corrected chi connectivity index (χ1v) is 7.32. The molecule has 0 spiro atoms. The van der Waals surface area contributed by atoms with Crippen LogP contribution in [0.25, 0.3) is 5.65 Å². The van der Waals surface area contributed by atoms with E-state index in [4.69, 9.17) is 0 Å². The van der Waals surface area contributed by atoms with Crippen LogP contribution in [0.1, 0.15) is 26.0 Å². The molecule has 0 bridgehead atoms. The number of rotatable bonds is 2. The van der Waals surface area contributed by atoms with Gasteiger partial charge in [0.1, 0.15) is 5.65 Å². The molecule has 4 heteroatoms. The number of hydrogen-bond acceptors (Lipinski definition) is 2. The van der Waals surface area contributed by atoms with Gasteiger partial charge in [-0.3, -0.25) is 4.79 Å². The van der Waals surface area contributed by atoms with Crippen molar-refractivity contribution in [1.29, 1.82) is 0 Å². The SMILES string of the molecule is CC1CC(C)CN(C(=O)Cc2cn3ccccc3n2)C1. The molecule has 0 aliphatic carbocycles. The number of imidazole rings is 1. The number of carbonyl (C=O) groups excluding carboxylic acids is 1. The van der Waals surface area contributed by atoms with Crippen LogP contribution in [0.4, 0.5) is 0 Å². The van der Waals surface area contributed by atoms with Crippen LogP contribution in [0.15, 0.2) is 30.6 Å². The Morgan fingerprint density at radius 2 is 2.05 bits per heavy atom. The van der Waals surface area contributed by atoms with Crippen LogP contribution < -0.4 is 0 Å². The minimum absolute atomic E-state index is 0.201. The summed E-state index contributed by atoms with van der Waals surface area (Å²) in [5, 5.41) is 0. The second-order valence-corrected chi connectivity index (χ2v) is 6.12. The van der Waals surface area contributed by atoms with Gasteiger partial charge in [-0.15, -0.1) is 0 Å². The second kappa shape index (κ2) is 5.27. The lowest BCUT2D eigenvalue weighted by Gasteiger charge is -2.35. The summed E-state index contributed by atoms with van der Waals surface area (Å²) < 4.78 is 1.96. The van der Waals surface area contributed by atoms with E-state index in [0.717, 1.165) is 24.4 Å². The Morgan fingerprint density at radius 3 is 2.75 bits per heavy atom. The van der Waals surface area contributed by atoms with E-state index < -0.39 is 0 Å². The van der Waals surface area contributed by atoms with Crippen molar-refractivity contribution in [2.75, 3.05) is 13.1 Å². The molecule has 106 valence electrons. The average molecular weight is 271 g/mol. The Kier molecular flexibility index (Phi) is 3.47. The molecule has 20 heavy (non-hydrogen) atoms. The van der Waals surface area contributed by atoms with Crippen LogP contribution in [0.2, 0.25) is 0 Å². The predicted molar refractivity (Wildman–Crippen MR) is 78.4 cm³/mol. The first-order chi connectivity index (χ1) is 9.61. The molecule has 0 radical (unpaired) electrons. The Labute approximate surface area is 119 Å². The van der Waals surface area contributed by atoms with E-state index in [0.29, 0.717) is 18.3 Å². The van der Waals surface area contributed by atoms with Gasteiger partial charge in [0.25, 0.3) is 0 Å². The number of hydrogen-bond donors (Lipinski definition) is 0. The van der Waals surface area contributed by atoms with Crippen molar-refractivity contribution in [1.82, 2.24) is 14.3 Å². The molecule has 4 nitrogen and oxygen atoms in total. The van der Waals surface area contributed by atoms with Gasteiger partial charge in [-0.2, -0.15) is 0 Å². The lowest BCUT2D eigenvalue weighted by atomic mass is 9.91. The molecule has 1 fully saturated rings. The summed E-state index contributed by atoms with van der Waals surface area (Å²) >= 11 is 0. The van der Waals surface area contributed by atoms with Crippen molar-refractivity contribution in [3.63, 3.8) is 0 Å². The summed E-state index contributed by atoms with van der Waals surface area (Å²) in [6, 6.07) is 5.88. The second-order valence-electron chi connectivity index (χ2n) is 6.12. The molecule has 2 aromatic rings. The largest absolute Gasteiger partial charge is 0.342 e. The highest BCUT2D eigenvalue weighted by molar-refractivity contribution is 5.78. The fourth-order valence-electron chi connectivity index (χ4n) is 3.21. The highest BCUT2D eigenvalue weighted by Gasteiger charge is 2.25. The number of aromatic nitrogens is 2. The van der Waals surface area contributed by atoms with Gasteiger partial charge in [-0.05, 0) is 30.4 Å². The summed E-state index contributed by atoms with van der Waals surface area (Å²) in [7, 11) is 0. The molecule has 2 unspecified atom stereocenters. The first-order valence-electron chi connectivity index (χ1n) is 7.32. The molecule has 3 heterocycles. The molecule has 1 aliphatic heterocycles. The molecule has 0 N–H and O–H groups in total. The van der Waals surface area contributed by atoms with Gasteiger partial charge in [-0.25, -0.2) is 4.98 Å². The third-order valence-corrected chi connectivity index (χ3v) is 3.97. The van der Waals surface area contributed by atoms with E-state index in [1.54, 1.807) is 0 Å². The van der Waals surface area contributed by atoms with Crippen LogP contribution in [-0.4, -0.2) is 33.3 Å². The third-order valence-electron chi connectivity index (χ3n) is 3.97. The van der Waals surface area contributed by atoms with Crippen LogP contribution in [-0.2, 0) is 11.2 Å². The van der Waals surface area contributed by atoms with Crippen molar-refractivity contribution >= 4 is 11.6 Å². The monoisotopic (exact) mass is 271 g/mol. The molecule has 2 aromatic heterocycles. The third kappa shape index (κ3) is 2.69. The van der Waals surface area contributed by atoms with Gasteiger partial charge in [-0.1, -0.05) is 19.9 Å². The lowest BCUT2D eigenvalue weighted by Crippen LogP contribution is -2.43. The number of amides is 1. The Balaban J connectivity index is 1.72. The summed E-state index contributed by atoms with van der Waals surface area (Å²) in [4.78, 5) is 18.9. The van der Waals surface area contributed by atoms with Crippen molar-refractivity contribution < 1.29 is 4.79 Å². The summed E-state index contributed by atoms with van der Waals surface area (Å²) in [5.74, 6) is 1.40. The highest BCUT2D eigenvalue weighted by atomic mass is 16.2. The molecule has 0 aromatic carbocycles. The minimum Gasteiger partial charge on any atom is -0.342 e. The van der Waals surface area contributed by atoms with Crippen LogP contribution in [0, 0.1) is 11.8 Å². The fraction of sp³-hybridized carbons (Fsp3) is 0.500. The summed E-state index contributed by atoms with van der Waals surface area (Å²) in [6.45, 7) is 6.22. The van der Waals surface area contributed by atoms with Crippen LogP contribution in [0.5, 0.6) is 0 Å². The number of likely N-dealkylation sites (tertiary alicyclic amines) is 1. The topological polar surface area (TPSA) is 37.6 Å². The molecular weight excluding hydrogens is 250 g/mol. The van der Waals surface area contributed by atoms with Gasteiger partial charge < -0.3 is 9.30 Å². The molecule has 1 aliphatic rings. The Morgan fingerprint density at radius 1 is 1.30 bits per heavy atom. The van der Waals surface area contributed by atoms with Crippen molar-refractivity contribution in [3.8, 4) is 0 Å². The normalized spacial score (nSPS) is 23.2. The van der Waals surface area contributed by atoms with E-state index in [-0.39, 0.29) is 5.91 Å². The molecule has 0 saturated carbocycles. The maximum absolute atomic E-state index is 12.4. The van der Waals surface area contributed by atoms with Gasteiger partial charge in [0.05, 0.1) is 12.1 Å². The van der Waals surface area contributed by atoms with Gasteiger partial charge in [0.2, 0.25) is 5.91 Å². The number of fused-ring (bicyclic) bond motifs is 1. The lowest BCUT2D eigenvalue weighted by molar-refractivity contribution is -0.133. The van der Waals surface area contributed by atoms with Crippen LogP contribution >= 0.6 is 0 Å². The molecule has 1 amide bonds. The fourth-order valence-corrected chi connectivity index (χ4v) is 3.21. The van der Waals surface area contributed by atoms with E-state index >= 15 is 0 Å². The van der Waals surface area contributed by atoms with E-state index in [2.05, 4.69) is 18.8 Å². The van der Waals surface area contributed by atoms with E-state index in [9.17, 15) is 4.79 Å². The summed E-state index contributed by atoms with van der Waals surface area (Å²) in [6.07, 6.45) is 5.53. The number of carbonyl (C=O) groups is 1. The molecule has 1 saturated heterocycles. The zero-order chi connectivity index (χ0) is 14.1. The van der Waals surface area contributed by atoms with Gasteiger partial charge >= 0.3 is 0 Å². The average Bonchev–Trinajstić information content (AvgIpc) is 2.79. The van der Waals surface area contributed by atoms with E-state index in [1.807, 2.05) is 39.9 Å². The van der Waals surface area contributed by atoms with E-state index in [1.165, 1.54) is 6.42 Å². The zero-order valence-electron chi connectivity index (χ0n) is 12.1. The summed E-state index contributed by atoms with van der Waals surface area (Å²) in [5.41, 5.74) is 1.75. The van der Waals surface area contributed by atoms with Gasteiger partial charge in [0, 0.05) is 25.5 Å². The smallest absolute Gasteiger partial charge is 0.228 e. The zero-order valence-corrected chi connectivity index (χ0v) is 12.1. The van der Waals surface area contributed by atoms with Crippen LogP contribution in [0.3, 0.4) is 0 Å². The maximum atomic E-state index is 12.4. The van der Waals surface area contributed by atoms with Crippen molar-refractivity contribution in [3.05, 3.63) is 36.3 Å². The van der Waals surface area contributed by atoms with Crippen molar-refractivity contribution in [2.24, 2.45) is 11.8 Å². The highest BCUT2D eigenvalue weighted by Crippen LogP contribution is 2.21. The van der Waals surface area contributed by atoms with Gasteiger partial charge in [0.15, 0.2) is 0 Å². The quantitative estimate of drug-likeness (QED) is 0.841. The Bertz CT molecular complexity index is 576. The molecule has 2 atom stereocenters. The van der Waals surface area contributed by atoms with Crippen molar-refractivity contribution in [2.45, 2.75) is 26.7 Å². The Hall–Kier alpha value is -1.84. The minimum atomic E-state index is 0.201. The molecule has 3 rings (SSSR count). The maximum Gasteiger partial charge on any atom is 0.228 e. The first kappa shape index (κ1) is 13.2. The predicted octanol–water partition coefficient (Wildman–Crippen LogP) is 2.38. The standard InChI is InChI=1S/C16H21N3O/c1-12-7-13(2)10-19(9-12)16(20)8-14-11-18-6-4-3-5-15(18)17-14/h3-6,11-13H,7-10H2,1-2H3. The number of piperidine rings is 1. The number of pyridine rings is 1. The number of nitrogens with zero attached hydrogens (tertiary/aromatic N) is 3. The molecular formula is C16H21N3O.